The van der Waals surface area contributed by atoms with Gasteiger partial charge in [0.15, 0.2) is 0 Å². The molecular weight excluding hydrogens is 252 g/mol. The number of benzene rings is 1. The lowest BCUT2D eigenvalue weighted by atomic mass is 10.1. The summed E-state index contributed by atoms with van der Waals surface area (Å²) >= 11 is 0. The fraction of sp³-hybridized carbons (Fsp3) is 0.333. The van der Waals surface area contributed by atoms with Gasteiger partial charge in [0.25, 0.3) is 0 Å². The number of hydrogen-bond donors (Lipinski definition) is 1. The SMILES string of the molecule is COCCn1nc(Cc2ccc(C)cc2)c(C#N)c1N. The van der Waals surface area contributed by atoms with Gasteiger partial charge in [-0.2, -0.15) is 10.4 Å². The molecule has 0 saturated heterocycles. The molecule has 2 rings (SSSR count). The summed E-state index contributed by atoms with van der Waals surface area (Å²) in [6.07, 6.45) is 0.605. The van der Waals surface area contributed by atoms with Crippen LogP contribution in [0.5, 0.6) is 0 Å². The normalized spacial score (nSPS) is 10.4. The average Bonchev–Trinajstić information content (AvgIpc) is 2.74. The van der Waals surface area contributed by atoms with Crippen molar-refractivity contribution < 1.29 is 4.74 Å². The Morgan fingerprint density at radius 1 is 1.35 bits per heavy atom. The van der Waals surface area contributed by atoms with E-state index in [2.05, 4.69) is 11.2 Å². The maximum absolute atomic E-state index is 9.25. The van der Waals surface area contributed by atoms with Gasteiger partial charge in [0.1, 0.15) is 17.5 Å². The van der Waals surface area contributed by atoms with Crippen LogP contribution in [0.2, 0.25) is 0 Å². The summed E-state index contributed by atoms with van der Waals surface area (Å²) < 4.78 is 6.65. The fourth-order valence-electron chi connectivity index (χ4n) is 2.02. The van der Waals surface area contributed by atoms with E-state index in [1.165, 1.54) is 5.56 Å². The highest BCUT2D eigenvalue weighted by Gasteiger charge is 2.15. The number of methoxy groups -OCH3 is 1. The number of nitrogen functional groups attached to an aromatic ring is 1. The second-order valence-electron chi connectivity index (χ2n) is 4.70. The minimum absolute atomic E-state index is 0.409. The van der Waals surface area contributed by atoms with Crippen LogP contribution in [0, 0.1) is 18.3 Å². The van der Waals surface area contributed by atoms with E-state index >= 15 is 0 Å². The number of rotatable bonds is 5. The summed E-state index contributed by atoms with van der Waals surface area (Å²) in [4.78, 5) is 0. The molecule has 0 aliphatic heterocycles. The van der Waals surface area contributed by atoms with Gasteiger partial charge in [-0.25, -0.2) is 4.68 Å². The molecule has 2 N–H and O–H groups in total. The average molecular weight is 270 g/mol. The molecule has 5 nitrogen and oxygen atoms in total. The topological polar surface area (TPSA) is 76.9 Å². The number of nitriles is 1. The Balaban J connectivity index is 2.27. The lowest BCUT2D eigenvalue weighted by Crippen LogP contribution is -2.09. The molecule has 5 heteroatoms. The molecule has 0 aliphatic carbocycles. The fourth-order valence-corrected chi connectivity index (χ4v) is 2.02. The minimum atomic E-state index is 0.409. The standard InChI is InChI=1S/C15H18N4O/c1-11-3-5-12(6-4-11)9-14-13(10-16)15(17)19(18-14)7-8-20-2/h3-6H,7-9,17H2,1-2H3. The van der Waals surface area contributed by atoms with Crippen molar-refractivity contribution in [1.29, 1.82) is 5.26 Å². The maximum Gasteiger partial charge on any atom is 0.140 e. The zero-order valence-electron chi connectivity index (χ0n) is 11.8. The third kappa shape index (κ3) is 2.98. The van der Waals surface area contributed by atoms with Crippen molar-refractivity contribution in [3.63, 3.8) is 0 Å². The van der Waals surface area contributed by atoms with E-state index < -0.39 is 0 Å². The maximum atomic E-state index is 9.25. The number of nitrogens with zero attached hydrogens (tertiary/aromatic N) is 3. The summed E-state index contributed by atoms with van der Waals surface area (Å²) in [5.74, 6) is 0.409. The highest BCUT2D eigenvalue weighted by atomic mass is 16.5. The Labute approximate surface area is 118 Å². The molecule has 1 aromatic heterocycles. The predicted octanol–water partition coefficient (Wildman–Crippen LogP) is 1.88. The Kier molecular flexibility index (Phi) is 4.38. The first-order valence-electron chi connectivity index (χ1n) is 6.45. The van der Waals surface area contributed by atoms with Crippen LogP contribution in [0.3, 0.4) is 0 Å². The Hall–Kier alpha value is -2.32. The highest BCUT2D eigenvalue weighted by molar-refractivity contribution is 5.53. The first kappa shape index (κ1) is 14.1. The van der Waals surface area contributed by atoms with E-state index in [-0.39, 0.29) is 0 Å². The molecule has 0 unspecified atom stereocenters. The van der Waals surface area contributed by atoms with Crippen molar-refractivity contribution >= 4 is 5.82 Å². The second kappa shape index (κ2) is 6.22. The molecule has 104 valence electrons. The Morgan fingerprint density at radius 3 is 2.65 bits per heavy atom. The summed E-state index contributed by atoms with van der Waals surface area (Å²) in [5.41, 5.74) is 9.45. The van der Waals surface area contributed by atoms with Gasteiger partial charge in [-0.3, -0.25) is 0 Å². The summed E-state index contributed by atoms with van der Waals surface area (Å²) in [5, 5.41) is 13.7. The molecule has 0 aliphatic rings. The molecular formula is C15H18N4O. The molecule has 1 aromatic carbocycles. The number of ether oxygens (including phenoxy) is 1. The van der Waals surface area contributed by atoms with Crippen molar-refractivity contribution in [3.05, 3.63) is 46.6 Å². The molecule has 20 heavy (non-hydrogen) atoms. The summed E-state index contributed by atoms with van der Waals surface area (Å²) in [6, 6.07) is 10.3. The van der Waals surface area contributed by atoms with E-state index in [4.69, 9.17) is 10.5 Å². The Bertz CT molecular complexity index is 623. The molecule has 0 fully saturated rings. The minimum Gasteiger partial charge on any atom is -0.383 e. The van der Waals surface area contributed by atoms with Crippen molar-refractivity contribution in [3.8, 4) is 6.07 Å². The monoisotopic (exact) mass is 270 g/mol. The van der Waals surface area contributed by atoms with Crippen LogP contribution < -0.4 is 5.73 Å². The number of hydrogen-bond acceptors (Lipinski definition) is 4. The van der Waals surface area contributed by atoms with E-state index in [9.17, 15) is 5.26 Å². The van der Waals surface area contributed by atoms with Crippen LogP contribution in [0.4, 0.5) is 5.82 Å². The van der Waals surface area contributed by atoms with E-state index in [0.29, 0.717) is 36.6 Å². The van der Waals surface area contributed by atoms with Gasteiger partial charge in [0.05, 0.1) is 18.8 Å². The van der Waals surface area contributed by atoms with Gasteiger partial charge in [0, 0.05) is 13.5 Å². The van der Waals surface area contributed by atoms with Crippen LogP contribution in [0.25, 0.3) is 0 Å². The first-order valence-corrected chi connectivity index (χ1v) is 6.45. The first-order chi connectivity index (χ1) is 9.65. The zero-order chi connectivity index (χ0) is 14.5. The number of anilines is 1. The quantitative estimate of drug-likeness (QED) is 0.900. The molecule has 0 amide bonds. The van der Waals surface area contributed by atoms with Crippen molar-refractivity contribution in [1.82, 2.24) is 9.78 Å². The van der Waals surface area contributed by atoms with Crippen LogP contribution in [0.15, 0.2) is 24.3 Å². The van der Waals surface area contributed by atoms with Gasteiger partial charge in [-0.15, -0.1) is 0 Å². The van der Waals surface area contributed by atoms with Gasteiger partial charge in [-0.05, 0) is 12.5 Å². The Morgan fingerprint density at radius 2 is 2.05 bits per heavy atom. The van der Waals surface area contributed by atoms with Crippen LogP contribution in [-0.2, 0) is 17.7 Å². The van der Waals surface area contributed by atoms with Crippen LogP contribution >= 0.6 is 0 Å². The molecule has 0 bridgehead atoms. The van der Waals surface area contributed by atoms with Gasteiger partial charge in [0.2, 0.25) is 0 Å². The lowest BCUT2D eigenvalue weighted by molar-refractivity contribution is 0.184. The van der Waals surface area contributed by atoms with Gasteiger partial charge < -0.3 is 10.5 Å². The third-order valence-electron chi connectivity index (χ3n) is 3.18. The smallest absolute Gasteiger partial charge is 0.140 e. The van der Waals surface area contributed by atoms with Gasteiger partial charge >= 0.3 is 0 Å². The summed E-state index contributed by atoms with van der Waals surface area (Å²) in [7, 11) is 1.62. The molecule has 0 atom stereocenters. The van der Waals surface area contributed by atoms with Crippen LogP contribution in [-0.4, -0.2) is 23.5 Å². The molecule has 0 spiro atoms. The van der Waals surface area contributed by atoms with Crippen molar-refractivity contribution in [2.75, 3.05) is 19.5 Å². The van der Waals surface area contributed by atoms with E-state index in [1.54, 1.807) is 11.8 Å². The van der Waals surface area contributed by atoms with E-state index in [0.717, 1.165) is 5.56 Å². The molecule has 0 saturated carbocycles. The molecule has 1 heterocycles. The largest absolute Gasteiger partial charge is 0.383 e. The molecule has 2 aromatic rings. The number of aromatic nitrogens is 2. The number of nitrogens with two attached hydrogens (primary N) is 1. The van der Waals surface area contributed by atoms with Crippen molar-refractivity contribution in [2.45, 2.75) is 19.9 Å². The number of aryl methyl sites for hydroxylation is 1. The zero-order valence-corrected chi connectivity index (χ0v) is 11.8. The lowest BCUT2D eigenvalue weighted by Gasteiger charge is -2.02. The van der Waals surface area contributed by atoms with Crippen LogP contribution in [0.1, 0.15) is 22.4 Å². The highest BCUT2D eigenvalue weighted by Crippen LogP contribution is 2.19. The second-order valence-corrected chi connectivity index (χ2v) is 4.70. The predicted molar refractivity (Wildman–Crippen MR) is 77.2 cm³/mol. The van der Waals surface area contributed by atoms with E-state index in [1.807, 2.05) is 31.2 Å². The van der Waals surface area contributed by atoms with Gasteiger partial charge in [-0.1, -0.05) is 29.8 Å². The molecule has 0 radical (unpaired) electrons. The van der Waals surface area contributed by atoms with Crippen molar-refractivity contribution in [2.24, 2.45) is 0 Å². The third-order valence-corrected chi connectivity index (χ3v) is 3.18. The summed E-state index contributed by atoms with van der Waals surface area (Å²) in [6.45, 7) is 3.10.